The fourth-order valence-electron chi connectivity index (χ4n) is 0.623. The van der Waals surface area contributed by atoms with Gasteiger partial charge in [0.15, 0.2) is 0 Å². The fourth-order valence-corrected chi connectivity index (χ4v) is 3.08. The molecule has 78 valence electrons. The molecule has 0 aromatic carbocycles. The Morgan fingerprint density at radius 1 is 1.38 bits per heavy atom. The summed E-state index contributed by atoms with van der Waals surface area (Å²) in [4.78, 5) is 53.0. The first kappa shape index (κ1) is 12.9. The number of hydrogen-bond acceptors (Lipinski definition) is 5. The van der Waals surface area contributed by atoms with Gasteiger partial charge in [-0.1, -0.05) is 0 Å². The van der Waals surface area contributed by atoms with Gasteiger partial charge in [-0.15, -0.1) is 0 Å². The highest BCUT2D eigenvalue weighted by atomic mass is 31.3. The molecule has 0 saturated carbocycles. The molecule has 8 nitrogen and oxygen atoms in total. The molecular formula is C3H10NO7P2+. The lowest BCUT2D eigenvalue weighted by Gasteiger charge is -2.16. The second kappa shape index (κ2) is 3.98. The summed E-state index contributed by atoms with van der Waals surface area (Å²) in [5.74, 6) is -1.14. The molecule has 0 heterocycles. The molecule has 1 unspecified atom stereocenters. The Bertz CT molecular complexity index is 241. The summed E-state index contributed by atoms with van der Waals surface area (Å²) in [5.41, 5.74) is 4.59. The van der Waals surface area contributed by atoms with Crippen LogP contribution >= 0.6 is 15.5 Å². The van der Waals surface area contributed by atoms with Crippen LogP contribution in [-0.4, -0.2) is 35.8 Å². The van der Waals surface area contributed by atoms with Gasteiger partial charge in [-0.3, -0.25) is 9.36 Å². The SMILES string of the molecule is NC(=O)CC(P(=O)(O)O)[P+](O)(O)O. The third-order valence-corrected chi connectivity index (χ3v) is 4.95. The Hall–Kier alpha value is -0.0700. The Morgan fingerprint density at radius 2 is 1.77 bits per heavy atom. The van der Waals surface area contributed by atoms with E-state index in [-0.39, 0.29) is 0 Å². The van der Waals surface area contributed by atoms with E-state index in [0.29, 0.717) is 0 Å². The van der Waals surface area contributed by atoms with E-state index < -0.39 is 33.3 Å². The van der Waals surface area contributed by atoms with Crippen LogP contribution in [0.1, 0.15) is 6.42 Å². The van der Waals surface area contributed by atoms with Crippen LogP contribution in [0.5, 0.6) is 0 Å². The van der Waals surface area contributed by atoms with Gasteiger partial charge in [-0.25, -0.2) is 0 Å². The second-order valence-corrected chi connectivity index (χ2v) is 6.42. The lowest BCUT2D eigenvalue weighted by Crippen LogP contribution is -2.22. The second-order valence-electron chi connectivity index (χ2n) is 2.35. The van der Waals surface area contributed by atoms with Crippen molar-refractivity contribution >= 4 is 21.4 Å². The van der Waals surface area contributed by atoms with Crippen LogP contribution in [0.25, 0.3) is 0 Å². The molecule has 0 fully saturated rings. The van der Waals surface area contributed by atoms with E-state index in [4.69, 9.17) is 24.5 Å². The van der Waals surface area contributed by atoms with Crippen LogP contribution in [0.3, 0.4) is 0 Å². The Kier molecular flexibility index (Phi) is 3.96. The molecule has 0 aliphatic rings. The molecule has 0 rings (SSSR count). The van der Waals surface area contributed by atoms with E-state index in [0.717, 1.165) is 0 Å². The standard InChI is InChI=1S/C3H9NO7P2/c4-2(5)1-3(12(6,7)8)13(9,10)11/h3,6-8H,1H2,(H3-,4,5,9,10,11)/p+1. The number of carbonyl (C=O) groups excluding carboxylic acids is 1. The van der Waals surface area contributed by atoms with Gasteiger partial charge in [0, 0.05) is 0 Å². The third-order valence-electron chi connectivity index (χ3n) is 1.17. The average Bonchev–Trinajstić information content (AvgIpc) is 1.77. The number of rotatable bonds is 4. The molecule has 7 N–H and O–H groups in total. The van der Waals surface area contributed by atoms with E-state index in [9.17, 15) is 9.36 Å². The van der Waals surface area contributed by atoms with E-state index in [1.165, 1.54) is 0 Å². The van der Waals surface area contributed by atoms with Crippen molar-refractivity contribution in [2.75, 3.05) is 0 Å². The van der Waals surface area contributed by atoms with Crippen molar-refractivity contribution < 1.29 is 33.8 Å². The van der Waals surface area contributed by atoms with Crippen molar-refractivity contribution in [1.82, 2.24) is 0 Å². The molecule has 0 spiro atoms. The zero-order valence-electron chi connectivity index (χ0n) is 6.31. The van der Waals surface area contributed by atoms with Gasteiger partial charge in [-0.2, -0.15) is 14.7 Å². The van der Waals surface area contributed by atoms with Gasteiger partial charge in [0.2, 0.25) is 5.91 Å². The normalized spacial score (nSPS) is 15.5. The van der Waals surface area contributed by atoms with Crippen LogP contribution in [-0.2, 0) is 9.36 Å². The van der Waals surface area contributed by atoms with Crippen molar-refractivity contribution in [3.05, 3.63) is 0 Å². The summed E-state index contributed by atoms with van der Waals surface area (Å²) in [5, 5.41) is -2.22. The van der Waals surface area contributed by atoms with Gasteiger partial charge in [0.05, 0.1) is 6.42 Å². The van der Waals surface area contributed by atoms with Crippen LogP contribution in [0.4, 0.5) is 0 Å². The van der Waals surface area contributed by atoms with Crippen molar-refractivity contribution in [2.45, 2.75) is 11.8 Å². The molecule has 13 heavy (non-hydrogen) atoms. The molecule has 1 atom stereocenters. The van der Waals surface area contributed by atoms with Gasteiger partial charge < -0.3 is 15.5 Å². The monoisotopic (exact) mass is 234 g/mol. The first-order valence-corrected chi connectivity index (χ1v) is 6.35. The Balaban J connectivity index is 4.79. The summed E-state index contributed by atoms with van der Waals surface area (Å²) in [6, 6.07) is 0. The van der Waals surface area contributed by atoms with Crippen LogP contribution in [0.15, 0.2) is 0 Å². The number of carbonyl (C=O) groups is 1. The van der Waals surface area contributed by atoms with E-state index >= 15 is 0 Å². The van der Waals surface area contributed by atoms with Gasteiger partial charge in [0.25, 0.3) is 5.40 Å². The maximum absolute atomic E-state index is 10.5. The maximum Gasteiger partial charge on any atom is 0.420 e. The Labute approximate surface area is 73.7 Å². The molecule has 10 heteroatoms. The molecule has 0 aromatic heterocycles. The lowest BCUT2D eigenvalue weighted by atomic mass is 10.5. The first-order valence-electron chi connectivity index (χ1n) is 2.95. The minimum absolute atomic E-state index is 0.985. The van der Waals surface area contributed by atoms with Crippen LogP contribution < -0.4 is 5.73 Å². The van der Waals surface area contributed by atoms with Gasteiger partial charge in [-0.05, 0) is 0 Å². The average molecular weight is 234 g/mol. The van der Waals surface area contributed by atoms with E-state index in [1.54, 1.807) is 0 Å². The molecule has 0 aromatic rings. The summed E-state index contributed by atoms with van der Waals surface area (Å²) in [6.07, 6.45) is -0.985. The number of amides is 1. The number of primary amides is 1. The summed E-state index contributed by atoms with van der Waals surface area (Å²) >= 11 is 0. The van der Waals surface area contributed by atoms with E-state index in [2.05, 4.69) is 5.73 Å². The van der Waals surface area contributed by atoms with Crippen molar-refractivity contribution in [3.63, 3.8) is 0 Å². The van der Waals surface area contributed by atoms with Gasteiger partial charge >= 0.3 is 15.5 Å². The predicted octanol–water partition coefficient (Wildman–Crippen LogP) is -1.89. The largest absolute Gasteiger partial charge is 0.420 e. The van der Waals surface area contributed by atoms with Crippen molar-refractivity contribution in [3.8, 4) is 0 Å². The number of hydrogen-bond donors (Lipinski definition) is 6. The quantitative estimate of drug-likeness (QED) is 0.309. The van der Waals surface area contributed by atoms with Gasteiger partial charge in [0.1, 0.15) is 0 Å². The summed E-state index contributed by atoms with van der Waals surface area (Å²) in [7, 11) is -9.72. The molecule has 0 aliphatic heterocycles. The van der Waals surface area contributed by atoms with E-state index in [1.807, 2.05) is 0 Å². The predicted molar refractivity (Wildman–Crippen MR) is 43.2 cm³/mol. The summed E-state index contributed by atoms with van der Waals surface area (Å²) < 4.78 is 10.5. The molecule has 1 amide bonds. The maximum atomic E-state index is 10.5. The number of nitrogens with two attached hydrogens (primary N) is 1. The minimum atomic E-state index is -4.95. The third kappa shape index (κ3) is 4.64. The Morgan fingerprint density at radius 3 is 1.85 bits per heavy atom. The topological polar surface area (TPSA) is 161 Å². The minimum Gasteiger partial charge on any atom is -0.370 e. The zero-order valence-corrected chi connectivity index (χ0v) is 8.10. The molecule has 0 saturated heterocycles. The highest BCUT2D eigenvalue weighted by molar-refractivity contribution is 7.74. The van der Waals surface area contributed by atoms with Crippen molar-refractivity contribution in [2.24, 2.45) is 5.73 Å². The van der Waals surface area contributed by atoms with Crippen LogP contribution in [0, 0.1) is 0 Å². The smallest absolute Gasteiger partial charge is 0.370 e. The lowest BCUT2D eigenvalue weighted by molar-refractivity contribution is -0.118. The molecular weight excluding hydrogens is 224 g/mol. The fraction of sp³-hybridized carbons (Fsp3) is 0.667. The highest BCUT2D eigenvalue weighted by Crippen LogP contribution is 2.66. The molecule has 0 aliphatic carbocycles. The van der Waals surface area contributed by atoms with Crippen LogP contribution in [0.2, 0.25) is 0 Å². The zero-order chi connectivity index (χ0) is 10.9. The first-order chi connectivity index (χ1) is 5.55. The molecule has 0 bridgehead atoms. The summed E-state index contributed by atoms with van der Waals surface area (Å²) in [6.45, 7) is 0. The highest BCUT2D eigenvalue weighted by Gasteiger charge is 2.54. The molecule has 0 radical (unpaired) electrons. The van der Waals surface area contributed by atoms with Crippen molar-refractivity contribution in [1.29, 1.82) is 0 Å².